The molecule has 0 fully saturated rings. The minimum Gasteiger partial charge on any atom is -0.462 e. The Hall–Kier alpha value is -3.72. The summed E-state index contributed by atoms with van der Waals surface area (Å²) >= 11 is 0. The van der Waals surface area contributed by atoms with E-state index in [4.69, 9.17) is 14.2 Å². The molecule has 4 aromatic rings. The van der Waals surface area contributed by atoms with Gasteiger partial charge in [-0.2, -0.15) is 0 Å². The number of hydrogen-bond acceptors (Lipinski definition) is 5. The maximum atomic E-state index is 12.3. The van der Waals surface area contributed by atoms with Gasteiger partial charge in [-0.3, -0.25) is 0 Å². The molecular weight excluding hydrogens is 496 g/mol. The SMILES string of the molecule is CCOC(=O)c1ccc2c(c1)n(CCOCCn1c(C)[n+](CC)c3ccc(C(=O)OCC)cc31)c(C)[n+]2CC. The van der Waals surface area contributed by atoms with Crippen LogP contribution >= 0.6 is 0 Å². The van der Waals surface area contributed by atoms with Crippen LogP contribution in [0, 0.1) is 13.8 Å². The quantitative estimate of drug-likeness (QED) is 0.156. The molecule has 9 heteroatoms. The van der Waals surface area contributed by atoms with E-state index >= 15 is 0 Å². The minimum absolute atomic E-state index is 0.311. The molecule has 0 aliphatic carbocycles. The zero-order valence-electron chi connectivity index (χ0n) is 24.0. The van der Waals surface area contributed by atoms with Crippen molar-refractivity contribution in [1.29, 1.82) is 0 Å². The molecule has 2 heterocycles. The first-order valence-electron chi connectivity index (χ1n) is 13.8. The van der Waals surface area contributed by atoms with Gasteiger partial charge in [0.05, 0.1) is 50.6 Å². The molecule has 9 nitrogen and oxygen atoms in total. The maximum absolute atomic E-state index is 12.3. The number of carbonyl (C=O) groups is 2. The van der Waals surface area contributed by atoms with E-state index in [0.717, 1.165) is 46.8 Å². The second-order valence-electron chi connectivity index (χ2n) is 9.35. The Morgan fingerprint density at radius 2 is 1.10 bits per heavy atom. The fourth-order valence-electron chi connectivity index (χ4n) is 5.38. The molecule has 0 saturated carbocycles. The Morgan fingerprint density at radius 1 is 0.692 bits per heavy atom. The Morgan fingerprint density at radius 3 is 1.46 bits per heavy atom. The number of aryl methyl sites for hydroxylation is 2. The van der Waals surface area contributed by atoms with Gasteiger partial charge in [0.25, 0.3) is 11.6 Å². The molecule has 0 radical (unpaired) electrons. The van der Waals surface area contributed by atoms with Crippen molar-refractivity contribution < 1.29 is 32.9 Å². The number of ether oxygens (including phenoxy) is 3. The predicted octanol–water partition coefficient (Wildman–Crippen LogP) is 3.90. The normalized spacial score (nSPS) is 11.4. The average Bonchev–Trinajstić information content (AvgIpc) is 3.36. The molecule has 0 bridgehead atoms. The molecular formula is C30H40N4O5+2. The van der Waals surface area contributed by atoms with Gasteiger partial charge in [0.1, 0.15) is 13.1 Å². The summed E-state index contributed by atoms with van der Waals surface area (Å²) < 4.78 is 25.4. The van der Waals surface area contributed by atoms with Crippen LogP contribution in [0.5, 0.6) is 0 Å². The molecule has 0 saturated heterocycles. The van der Waals surface area contributed by atoms with Crippen LogP contribution in [-0.2, 0) is 40.4 Å². The summed E-state index contributed by atoms with van der Waals surface area (Å²) in [6.07, 6.45) is 0. The van der Waals surface area contributed by atoms with E-state index in [9.17, 15) is 9.59 Å². The van der Waals surface area contributed by atoms with Gasteiger partial charge in [-0.1, -0.05) is 0 Å². The number of aromatic nitrogens is 4. The Balaban J connectivity index is 1.50. The molecule has 0 N–H and O–H groups in total. The molecule has 0 aliphatic heterocycles. The Kier molecular flexibility index (Phi) is 9.01. The van der Waals surface area contributed by atoms with Crippen molar-refractivity contribution in [2.45, 2.75) is 67.7 Å². The number of carbonyl (C=O) groups excluding carboxylic acids is 2. The molecule has 2 aromatic heterocycles. The first kappa shape index (κ1) is 28.3. The lowest BCUT2D eigenvalue weighted by atomic mass is 10.2. The van der Waals surface area contributed by atoms with Gasteiger partial charge in [-0.25, -0.2) is 27.9 Å². The third kappa shape index (κ3) is 5.54. The first-order chi connectivity index (χ1) is 18.9. The average molecular weight is 537 g/mol. The van der Waals surface area contributed by atoms with E-state index in [0.29, 0.717) is 50.6 Å². The summed E-state index contributed by atoms with van der Waals surface area (Å²) in [5.74, 6) is 1.60. The summed E-state index contributed by atoms with van der Waals surface area (Å²) in [7, 11) is 0. The molecule has 0 unspecified atom stereocenters. The zero-order chi connectivity index (χ0) is 28.1. The molecule has 0 atom stereocenters. The van der Waals surface area contributed by atoms with Crippen molar-refractivity contribution in [1.82, 2.24) is 9.13 Å². The van der Waals surface area contributed by atoms with Crippen molar-refractivity contribution in [2.75, 3.05) is 26.4 Å². The van der Waals surface area contributed by atoms with Gasteiger partial charge in [0, 0.05) is 26.0 Å². The monoisotopic (exact) mass is 536 g/mol. The lowest BCUT2D eigenvalue weighted by Gasteiger charge is -2.05. The highest BCUT2D eigenvalue weighted by atomic mass is 16.5. The van der Waals surface area contributed by atoms with E-state index in [1.165, 1.54) is 0 Å². The largest absolute Gasteiger partial charge is 0.462 e. The number of esters is 2. The summed E-state index contributed by atoms with van der Waals surface area (Å²) in [6, 6.07) is 11.4. The molecule has 0 aliphatic rings. The van der Waals surface area contributed by atoms with Crippen molar-refractivity contribution in [3.8, 4) is 0 Å². The van der Waals surface area contributed by atoms with Gasteiger partial charge in [0.2, 0.25) is 0 Å². The van der Waals surface area contributed by atoms with E-state index in [1.807, 2.05) is 50.2 Å². The summed E-state index contributed by atoms with van der Waals surface area (Å²) in [5.41, 5.74) is 5.25. The fraction of sp³-hybridized carbons (Fsp3) is 0.467. The third-order valence-corrected chi connectivity index (χ3v) is 7.25. The van der Waals surface area contributed by atoms with Crippen LogP contribution in [0.4, 0.5) is 0 Å². The first-order valence-corrected chi connectivity index (χ1v) is 13.8. The van der Waals surface area contributed by atoms with Crippen molar-refractivity contribution in [3.63, 3.8) is 0 Å². The summed E-state index contributed by atoms with van der Waals surface area (Å²) in [6.45, 7) is 16.8. The van der Waals surface area contributed by atoms with Gasteiger partial charge in [-0.15, -0.1) is 0 Å². The highest BCUT2D eigenvalue weighted by Gasteiger charge is 2.24. The smallest absolute Gasteiger partial charge is 0.338 e. The van der Waals surface area contributed by atoms with Crippen molar-refractivity contribution in [2.24, 2.45) is 0 Å². The number of benzene rings is 2. The van der Waals surface area contributed by atoms with Gasteiger partial charge >= 0.3 is 11.9 Å². The number of rotatable bonds is 12. The molecule has 39 heavy (non-hydrogen) atoms. The van der Waals surface area contributed by atoms with Gasteiger partial charge < -0.3 is 14.2 Å². The van der Waals surface area contributed by atoms with Crippen LogP contribution in [0.3, 0.4) is 0 Å². The van der Waals surface area contributed by atoms with Crippen LogP contribution in [0.1, 0.15) is 60.1 Å². The fourth-order valence-corrected chi connectivity index (χ4v) is 5.38. The third-order valence-electron chi connectivity index (χ3n) is 7.25. The molecule has 2 aromatic carbocycles. The van der Waals surface area contributed by atoms with Crippen LogP contribution in [0.2, 0.25) is 0 Å². The Bertz CT molecular complexity index is 1390. The number of hydrogen-bond donors (Lipinski definition) is 0. The van der Waals surface area contributed by atoms with Crippen molar-refractivity contribution >= 4 is 34.0 Å². The number of imidazole rings is 2. The molecule has 208 valence electrons. The number of fused-ring (bicyclic) bond motifs is 2. The predicted molar refractivity (Wildman–Crippen MR) is 148 cm³/mol. The van der Waals surface area contributed by atoms with E-state index in [-0.39, 0.29) is 11.9 Å². The molecule has 0 spiro atoms. The second-order valence-corrected chi connectivity index (χ2v) is 9.35. The summed E-state index contributed by atoms with van der Waals surface area (Å²) in [4.78, 5) is 24.7. The maximum Gasteiger partial charge on any atom is 0.338 e. The highest BCUT2D eigenvalue weighted by Crippen LogP contribution is 2.19. The van der Waals surface area contributed by atoms with Crippen LogP contribution < -0.4 is 9.13 Å². The zero-order valence-corrected chi connectivity index (χ0v) is 24.0. The second kappa shape index (κ2) is 12.4. The van der Waals surface area contributed by atoms with Crippen LogP contribution in [0.25, 0.3) is 22.1 Å². The standard InChI is InChI=1S/C30H40N4O5/c1-7-31-21(5)33(27-19-23(11-13-25(27)31)29(35)38-9-3)15-17-37-18-16-34-22(6)32(8-2)26-14-12-24(20-28(26)34)30(36)39-10-4/h11-14,19-20H,7-10,15-18H2,1-6H3/q+2. The van der Waals surface area contributed by atoms with Gasteiger partial charge in [-0.05, 0) is 52.0 Å². The highest BCUT2D eigenvalue weighted by molar-refractivity contribution is 5.94. The van der Waals surface area contributed by atoms with E-state index in [2.05, 4.69) is 46.0 Å². The lowest BCUT2D eigenvalue weighted by molar-refractivity contribution is -0.675. The number of nitrogens with zero attached hydrogens (tertiary/aromatic N) is 4. The topological polar surface area (TPSA) is 79.5 Å². The summed E-state index contributed by atoms with van der Waals surface area (Å²) in [5, 5.41) is 0. The Labute approximate surface area is 229 Å². The molecule has 0 amide bonds. The van der Waals surface area contributed by atoms with Crippen LogP contribution in [0.15, 0.2) is 36.4 Å². The molecule has 4 rings (SSSR count). The minimum atomic E-state index is -0.311. The lowest BCUT2D eigenvalue weighted by Crippen LogP contribution is -2.35. The van der Waals surface area contributed by atoms with Crippen molar-refractivity contribution in [3.05, 3.63) is 59.2 Å². The van der Waals surface area contributed by atoms with E-state index in [1.54, 1.807) is 0 Å². The van der Waals surface area contributed by atoms with Crippen LogP contribution in [-0.4, -0.2) is 47.5 Å². The van der Waals surface area contributed by atoms with Gasteiger partial charge in [0.15, 0.2) is 22.1 Å². The van der Waals surface area contributed by atoms with E-state index < -0.39 is 0 Å².